The highest BCUT2D eigenvalue weighted by Gasteiger charge is 2.15. The molecule has 0 aromatic heterocycles. The van der Waals surface area contributed by atoms with Crippen LogP contribution in [0.15, 0.2) is 77.7 Å². The second kappa shape index (κ2) is 9.65. The van der Waals surface area contributed by atoms with Gasteiger partial charge in [0.2, 0.25) is 0 Å². The van der Waals surface area contributed by atoms with Crippen molar-refractivity contribution in [3.8, 4) is 5.75 Å². The number of ether oxygens (including phenoxy) is 1. The number of halogens is 1. The Bertz CT molecular complexity index is 1110. The zero-order valence-corrected chi connectivity index (χ0v) is 17.8. The lowest BCUT2D eigenvalue weighted by Gasteiger charge is -2.11. The summed E-state index contributed by atoms with van der Waals surface area (Å²) in [7, 11) is -3.80. The van der Waals surface area contributed by atoms with Gasteiger partial charge in [-0.05, 0) is 67.1 Å². The number of anilines is 1. The summed E-state index contributed by atoms with van der Waals surface area (Å²) in [5.41, 5.74) is 1.54. The number of benzene rings is 3. The largest absolute Gasteiger partial charge is 0.494 e. The molecule has 30 heavy (non-hydrogen) atoms. The Balaban J connectivity index is 1.68. The van der Waals surface area contributed by atoms with Gasteiger partial charge >= 0.3 is 0 Å². The minimum atomic E-state index is -3.80. The molecule has 0 spiro atoms. The van der Waals surface area contributed by atoms with E-state index in [1.807, 2.05) is 19.1 Å². The highest BCUT2D eigenvalue weighted by molar-refractivity contribution is 7.92. The van der Waals surface area contributed by atoms with Crippen LogP contribution in [0.25, 0.3) is 0 Å². The molecular weight excluding hydrogens is 424 g/mol. The third-order valence-electron chi connectivity index (χ3n) is 4.19. The molecule has 0 unspecified atom stereocenters. The van der Waals surface area contributed by atoms with E-state index in [1.54, 1.807) is 42.5 Å². The van der Waals surface area contributed by atoms with Crippen LogP contribution >= 0.6 is 11.6 Å². The van der Waals surface area contributed by atoms with Crippen molar-refractivity contribution in [2.24, 2.45) is 0 Å². The molecule has 3 aromatic rings. The number of amides is 1. The van der Waals surface area contributed by atoms with Crippen molar-refractivity contribution < 1.29 is 17.9 Å². The van der Waals surface area contributed by atoms with Gasteiger partial charge in [-0.1, -0.05) is 29.8 Å². The minimum Gasteiger partial charge on any atom is -0.494 e. The van der Waals surface area contributed by atoms with Gasteiger partial charge in [0, 0.05) is 22.8 Å². The predicted octanol–water partition coefficient (Wildman–Crippen LogP) is 4.47. The maximum Gasteiger partial charge on any atom is 0.261 e. The number of hydrogen-bond donors (Lipinski definition) is 2. The van der Waals surface area contributed by atoms with Crippen LogP contribution in [0.5, 0.6) is 5.75 Å². The maximum atomic E-state index is 12.6. The molecule has 0 bridgehead atoms. The van der Waals surface area contributed by atoms with Crippen molar-refractivity contribution >= 4 is 33.2 Å². The summed E-state index contributed by atoms with van der Waals surface area (Å²) in [6.45, 7) is 2.68. The van der Waals surface area contributed by atoms with E-state index in [9.17, 15) is 13.2 Å². The van der Waals surface area contributed by atoms with Crippen LogP contribution in [0.1, 0.15) is 22.8 Å². The van der Waals surface area contributed by atoms with Crippen molar-refractivity contribution in [3.63, 3.8) is 0 Å². The smallest absolute Gasteiger partial charge is 0.261 e. The zero-order chi connectivity index (χ0) is 21.6. The van der Waals surface area contributed by atoms with Crippen LogP contribution in [0, 0.1) is 0 Å². The van der Waals surface area contributed by atoms with Gasteiger partial charge in [0.25, 0.3) is 15.9 Å². The number of carbonyl (C=O) groups is 1. The Morgan fingerprint density at radius 2 is 1.70 bits per heavy atom. The van der Waals surface area contributed by atoms with Gasteiger partial charge in [0.15, 0.2) is 0 Å². The van der Waals surface area contributed by atoms with Crippen LogP contribution in [0.2, 0.25) is 5.02 Å². The molecule has 0 aliphatic rings. The molecule has 1 amide bonds. The van der Waals surface area contributed by atoms with Crippen molar-refractivity contribution in [1.29, 1.82) is 0 Å². The minimum absolute atomic E-state index is 0.101. The van der Waals surface area contributed by atoms with Crippen molar-refractivity contribution in [2.45, 2.75) is 18.4 Å². The number of carbonyl (C=O) groups excluding carboxylic acids is 1. The summed E-state index contributed by atoms with van der Waals surface area (Å²) >= 11 is 5.86. The standard InChI is InChI=1S/C22H21ClN2O4S/c1-2-29-20-10-12-21(13-11-20)30(27,28)25-19-5-3-4-17(14-19)22(26)24-15-16-6-8-18(23)9-7-16/h3-14,25H,2,15H2,1H3,(H,24,26). The van der Waals surface area contributed by atoms with Crippen molar-refractivity contribution in [3.05, 3.63) is 88.9 Å². The first kappa shape index (κ1) is 21.7. The first-order valence-electron chi connectivity index (χ1n) is 9.26. The van der Waals surface area contributed by atoms with Crippen molar-refractivity contribution in [1.82, 2.24) is 5.32 Å². The molecule has 2 N–H and O–H groups in total. The van der Waals surface area contributed by atoms with E-state index >= 15 is 0 Å². The number of hydrogen-bond acceptors (Lipinski definition) is 4. The lowest BCUT2D eigenvalue weighted by molar-refractivity contribution is 0.0951. The molecule has 0 saturated carbocycles. The average molecular weight is 445 g/mol. The SMILES string of the molecule is CCOc1ccc(S(=O)(=O)Nc2cccc(C(=O)NCc3ccc(Cl)cc3)c2)cc1. The Morgan fingerprint density at radius 3 is 2.37 bits per heavy atom. The third kappa shape index (κ3) is 5.75. The second-order valence-electron chi connectivity index (χ2n) is 6.40. The molecule has 3 rings (SSSR count). The van der Waals surface area contributed by atoms with Crippen molar-refractivity contribution in [2.75, 3.05) is 11.3 Å². The number of rotatable bonds is 8. The zero-order valence-electron chi connectivity index (χ0n) is 16.3. The van der Waals surface area contributed by atoms with Crippen LogP contribution in [0.4, 0.5) is 5.69 Å². The van der Waals surface area contributed by atoms with Gasteiger partial charge in [-0.2, -0.15) is 0 Å². The van der Waals surface area contributed by atoms with E-state index in [4.69, 9.17) is 16.3 Å². The first-order chi connectivity index (χ1) is 14.4. The van der Waals surface area contributed by atoms with E-state index in [0.717, 1.165) is 5.56 Å². The lowest BCUT2D eigenvalue weighted by Crippen LogP contribution is -2.23. The third-order valence-corrected chi connectivity index (χ3v) is 5.84. The summed E-state index contributed by atoms with van der Waals surface area (Å²) < 4.78 is 33.1. The molecule has 0 fully saturated rings. The molecule has 0 atom stereocenters. The Morgan fingerprint density at radius 1 is 1.00 bits per heavy atom. The fourth-order valence-electron chi connectivity index (χ4n) is 2.71. The van der Waals surface area contributed by atoms with E-state index < -0.39 is 10.0 Å². The molecule has 0 saturated heterocycles. The van der Waals surface area contributed by atoms with Gasteiger partial charge in [-0.3, -0.25) is 9.52 Å². The summed E-state index contributed by atoms with van der Waals surface area (Å²) in [5, 5.41) is 3.42. The highest BCUT2D eigenvalue weighted by atomic mass is 35.5. The number of nitrogens with one attached hydrogen (secondary N) is 2. The Kier molecular flexibility index (Phi) is 6.97. The average Bonchev–Trinajstić information content (AvgIpc) is 2.73. The van der Waals surface area contributed by atoms with Gasteiger partial charge in [0.1, 0.15) is 5.75 Å². The fraction of sp³-hybridized carbons (Fsp3) is 0.136. The second-order valence-corrected chi connectivity index (χ2v) is 8.52. The van der Waals surface area contributed by atoms with E-state index in [2.05, 4.69) is 10.0 Å². The van der Waals surface area contributed by atoms with Gasteiger partial charge in [0.05, 0.1) is 11.5 Å². The molecule has 0 heterocycles. The molecule has 0 aliphatic carbocycles. The first-order valence-corrected chi connectivity index (χ1v) is 11.1. The fourth-order valence-corrected chi connectivity index (χ4v) is 3.88. The highest BCUT2D eigenvalue weighted by Crippen LogP contribution is 2.20. The van der Waals surface area contributed by atoms with Crippen LogP contribution in [-0.2, 0) is 16.6 Å². The van der Waals surface area contributed by atoms with Crippen LogP contribution < -0.4 is 14.8 Å². The van der Waals surface area contributed by atoms with Crippen LogP contribution in [-0.4, -0.2) is 20.9 Å². The van der Waals surface area contributed by atoms with Gasteiger partial charge in [-0.15, -0.1) is 0 Å². The molecule has 156 valence electrons. The lowest BCUT2D eigenvalue weighted by atomic mass is 10.2. The van der Waals surface area contributed by atoms with E-state index in [0.29, 0.717) is 35.2 Å². The monoisotopic (exact) mass is 444 g/mol. The summed E-state index contributed by atoms with van der Waals surface area (Å²) in [6.07, 6.45) is 0. The molecule has 0 radical (unpaired) electrons. The molecule has 0 aliphatic heterocycles. The van der Waals surface area contributed by atoms with Gasteiger partial charge < -0.3 is 10.1 Å². The molecule has 8 heteroatoms. The topological polar surface area (TPSA) is 84.5 Å². The predicted molar refractivity (Wildman–Crippen MR) is 117 cm³/mol. The molecule has 6 nitrogen and oxygen atoms in total. The summed E-state index contributed by atoms with van der Waals surface area (Å²) in [5.74, 6) is 0.280. The van der Waals surface area contributed by atoms with E-state index in [1.165, 1.54) is 18.2 Å². The normalized spacial score (nSPS) is 11.0. The van der Waals surface area contributed by atoms with Gasteiger partial charge in [-0.25, -0.2) is 8.42 Å². The Hall–Kier alpha value is -3.03. The van der Waals surface area contributed by atoms with E-state index in [-0.39, 0.29) is 10.8 Å². The maximum absolute atomic E-state index is 12.6. The summed E-state index contributed by atoms with van der Waals surface area (Å²) in [4.78, 5) is 12.5. The summed E-state index contributed by atoms with van der Waals surface area (Å²) in [6, 6.07) is 19.6. The molecular formula is C22H21ClN2O4S. The number of sulfonamides is 1. The Labute approximate surface area is 180 Å². The van der Waals surface area contributed by atoms with Crippen LogP contribution in [0.3, 0.4) is 0 Å². The molecule has 3 aromatic carbocycles. The quantitative estimate of drug-likeness (QED) is 0.536.